The summed E-state index contributed by atoms with van der Waals surface area (Å²) in [4.78, 5) is 29.2. The number of rotatable bonds is 4. The second-order valence-corrected chi connectivity index (χ2v) is 5.60. The highest BCUT2D eigenvalue weighted by Gasteiger charge is 2.19. The lowest BCUT2D eigenvalue weighted by Crippen LogP contribution is -2.11. The molecule has 1 unspecified atom stereocenters. The van der Waals surface area contributed by atoms with Crippen LogP contribution in [-0.2, 0) is 0 Å². The third kappa shape index (κ3) is 2.83. The molecule has 2 N–H and O–H groups in total. The average Bonchev–Trinajstić information content (AvgIpc) is 2.54. The van der Waals surface area contributed by atoms with Crippen molar-refractivity contribution < 1.29 is 4.92 Å². The number of fused-ring (bicyclic) bond motifs is 1. The van der Waals surface area contributed by atoms with Gasteiger partial charge in [-0.3, -0.25) is 14.9 Å². The molecule has 0 fully saturated rings. The Kier molecular flexibility index (Phi) is 3.99. The zero-order chi connectivity index (χ0) is 17.3. The van der Waals surface area contributed by atoms with Gasteiger partial charge in [-0.15, -0.1) is 0 Å². The van der Waals surface area contributed by atoms with Crippen molar-refractivity contribution in [3.63, 3.8) is 0 Å². The van der Waals surface area contributed by atoms with Gasteiger partial charge in [0.05, 0.1) is 22.2 Å². The van der Waals surface area contributed by atoms with Crippen molar-refractivity contribution in [2.24, 2.45) is 0 Å². The third-order valence-electron chi connectivity index (χ3n) is 3.98. The molecular weight excluding hydrogens is 308 g/mol. The van der Waals surface area contributed by atoms with Gasteiger partial charge in [0.15, 0.2) is 0 Å². The van der Waals surface area contributed by atoms with Gasteiger partial charge in [0.1, 0.15) is 5.69 Å². The minimum absolute atomic E-state index is 0.135. The summed E-state index contributed by atoms with van der Waals surface area (Å²) in [5, 5.41) is 14.8. The number of nitrogens with zero attached hydrogens (tertiary/aromatic N) is 2. The van der Waals surface area contributed by atoms with E-state index < -0.39 is 10.5 Å². The maximum atomic E-state index is 11.8. The first kappa shape index (κ1) is 15.7. The first-order valence-corrected chi connectivity index (χ1v) is 7.45. The van der Waals surface area contributed by atoms with E-state index in [1.165, 1.54) is 18.5 Å². The Bertz CT molecular complexity index is 981. The second kappa shape index (κ2) is 6.11. The first-order chi connectivity index (χ1) is 11.5. The fraction of sp³-hybridized carbons (Fsp3) is 0.176. The van der Waals surface area contributed by atoms with Gasteiger partial charge in [0, 0.05) is 12.1 Å². The van der Waals surface area contributed by atoms with Gasteiger partial charge in [0.25, 0.3) is 11.2 Å². The van der Waals surface area contributed by atoms with Crippen LogP contribution < -0.4 is 10.9 Å². The van der Waals surface area contributed by atoms with Crippen LogP contribution in [0.4, 0.5) is 11.4 Å². The molecule has 2 aromatic carbocycles. The van der Waals surface area contributed by atoms with Crippen LogP contribution in [0.1, 0.15) is 24.1 Å². The predicted molar refractivity (Wildman–Crippen MR) is 92.2 cm³/mol. The number of hydrogen-bond donors (Lipinski definition) is 2. The molecule has 1 heterocycles. The summed E-state index contributed by atoms with van der Waals surface area (Å²) in [5.41, 5.74) is 2.33. The maximum Gasteiger partial charge on any atom is 0.293 e. The van der Waals surface area contributed by atoms with Crippen LogP contribution >= 0.6 is 0 Å². The highest BCUT2D eigenvalue weighted by atomic mass is 16.6. The van der Waals surface area contributed by atoms with Gasteiger partial charge in [-0.05, 0) is 31.0 Å². The Morgan fingerprint density at radius 2 is 2.04 bits per heavy atom. The Hall–Kier alpha value is -3.22. The summed E-state index contributed by atoms with van der Waals surface area (Å²) in [6.07, 6.45) is 1.28. The molecule has 0 aliphatic rings. The average molecular weight is 324 g/mol. The summed E-state index contributed by atoms with van der Waals surface area (Å²) in [6, 6.07) is 10.5. The lowest BCUT2D eigenvalue weighted by molar-refractivity contribution is -0.383. The van der Waals surface area contributed by atoms with Gasteiger partial charge in [-0.25, -0.2) is 4.98 Å². The van der Waals surface area contributed by atoms with E-state index in [2.05, 4.69) is 15.3 Å². The van der Waals surface area contributed by atoms with Crippen LogP contribution in [0.15, 0.2) is 47.5 Å². The molecule has 0 bridgehead atoms. The Morgan fingerprint density at radius 1 is 1.29 bits per heavy atom. The number of nitro benzene ring substituents is 1. The van der Waals surface area contributed by atoms with E-state index in [1.807, 2.05) is 38.1 Å². The minimum atomic E-state index is -0.501. The van der Waals surface area contributed by atoms with Crippen LogP contribution in [0.25, 0.3) is 10.9 Å². The number of H-pyrrole nitrogens is 1. The molecule has 0 radical (unpaired) electrons. The number of nitrogens with one attached hydrogen (secondary N) is 2. The summed E-state index contributed by atoms with van der Waals surface area (Å²) < 4.78 is 0. The molecule has 3 aromatic rings. The SMILES string of the molecule is Cc1ccccc1C(C)Nc1cc2nc[nH]c(=O)c2cc1[N+](=O)[O-]. The lowest BCUT2D eigenvalue weighted by atomic mass is 10.0. The summed E-state index contributed by atoms with van der Waals surface area (Å²) in [5.74, 6) is 0. The molecule has 3 rings (SSSR count). The summed E-state index contributed by atoms with van der Waals surface area (Å²) in [6.45, 7) is 3.92. The molecule has 0 saturated carbocycles. The van der Waals surface area contributed by atoms with Gasteiger partial charge in [-0.2, -0.15) is 0 Å². The van der Waals surface area contributed by atoms with Crippen LogP contribution in [0.5, 0.6) is 0 Å². The number of hydrogen-bond acceptors (Lipinski definition) is 5. The van der Waals surface area contributed by atoms with Crippen LogP contribution in [0.3, 0.4) is 0 Å². The Balaban J connectivity index is 2.08. The van der Waals surface area contributed by atoms with E-state index in [1.54, 1.807) is 0 Å². The fourth-order valence-electron chi connectivity index (χ4n) is 2.75. The standard InChI is InChI=1S/C17H16N4O3/c1-10-5-3-4-6-12(10)11(2)20-15-8-14-13(7-16(15)21(23)24)17(22)19-9-18-14/h3-9,11,20H,1-2H3,(H,18,19,22). The predicted octanol–water partition coefficient (Wildman–Crippen LogP) is 3.31. The first-order valence-electron chi connectivity index (χ1n) is 7.45. The number of benzene rings is 2. The summed E-state index contributed by atoms with van der Waals surface area (Å²) in [7, 11) is 0. The van der Waals surface area contributed by atoms with Gasteiger partial charge in [0.2, 0.25) is 0 Å². The Labute approximate surface area is 137 Å². The third-order valence-corrected chi connectivity index (χ3v) is 3.98. The molecule has 7 heteroatoms. The van der Waals surface area contributed by atoms with Crippen molar-refractivity contribution >= 4 is 22.3 Å². The van der Waals surface area contributed by atoms with Crippen LogP contribution in [0, 0.1) is 17.0 Å². The van der Waals surface area contributed by atoms with E-state index in [4.69, 9.17) is 0 Å². The van der Waals surface area contributed by atoms with E-state index in [-0.39, 0.29) is 17.1 Å². The lowest BCUT2D eigenvalue weighted by Gasteiger charge is -2.18. The number of nitro groups is 1. The molecule has 0 saturated heterocycles. The second-order valence-electron chi connectivity index (χ2n) is 5.60. The largest absolute Gasteiger partial charge is 0.373 e. The van der Waals surface area contributed by atoms with Crippen molar-refractivity contribution in [2.45, 2.75) is 19.9 Å². The maximum absolute atomic E-state index is 11.8. The molecule has 1 aromatic heterocycles. The normalized spacial score (nSPS) is 12.1. The van der Waals surface area contributed by atoms with Crippen LogP contribution in [-0.4, -0.2) is 14.9 Å². The van der Waals surface area contributed by atoms with Crippen LogP contribution in [0.2, 0.25) is 0 Å². The van der Waals surface area contributed by atoms with E-state index >= 15 is 0 Å². The molecule has 0 aliphatic heterocycles. The molecule has 1 atom stereocenters. The smallest absolute Gasteiger partial charge is 0.293 e. The molecule has 122 valence electrons. The summed E-state index contributed by atoms with van der Waals surface area (Å²) >= 11 is 0. The topological polar surface area (TPSA) is 101 Å². The van der Waals surface area contributed by atoms with Crippen molar-refractivity contribution in [2.75, 3.05) is 5.32 Å². The van der Waals surface area contributed by atoms with E-state index in [9.17, 15) is 14.9 Å². The highest BCUT2D eigenvalue weighted by molar-refractivity contribution is 5.86. The monoisotopic (exact) mass is 324 g/mol. The fourth-order valence-corrected chi connectivity index (χ4v) is 2.75. The molecule has 0 aliphatic carbocycles. The van der Waals surface area contributed by atoms with Gasteiger partial charge >= 0.3 is 0 Å². The van der Waals surface area contributed by atoms with E-state index in [0.717, 1.165) is 11.1 Å². The zero-order valence-corrected chi connectivity index (χ0v) is 13.2. The molecule has 24 heavy (non-hydrogen) atoms. The number of anilines is 1. The molecule has 0 spiro atoms. The zero-order valence-electron chi connectivity index (χ0n) is 13.2. The van der Waals surface area contributed by atoms with Gasteiger partial charge in [-0.1, -0.05) is 24.3 Å². The van der Waals surface area contributed by atoms with Gasteiger partial charge < -0.3 is 10.3 Å². The minimum Gasteiger partial charge on any atom is -0.373 e. The van der Waals surface area contributed by atoms with Crippen molar-refractivity contribution in [3.05, 3.63) is 74.3 Å². The molecular formula is C17H16N4O3. The van der Waals surface area contributed by atoms with E-state index in [0.29, 0.717) is 11.2 Å². The van der Waals surface area contributed by atoms with Crippen molar-refractivity contribution in [1.29, 1.82) is 0 Å². The number of aromatic nitrogens is 2. The van der Waals surface area contributed by atoms with Crippen molar-refractivity contribution in [1.82, 2.24) is 9.97 Å². The van der Waals surface area contributed by atoms with Crippen molar-refractivity contribution in [3.8, 4) is 0 Å². The quantitative estimate of drug-likeness (QED) is 0.566. The highest BCUT2D eigenvalue weighted by Crippen LogP contribution is 2.31. The molecule has 7 nitrogen and oxygen atoms in total. The number of aromatic amines is 1. The molecule has 0 amide bonds. The number of aryl methyl sites for hydroxylation is 1. The Morgan fingerprint density at radius 3 is 2.75 bits per heavy atom.